The topological polar surface area (TPSA) is 58.6 Å². The quantitative estimate of drug-likeness (QED) is 0.826. The highest BCUT2D eigenvalue weighted by atomic mass is 16.5. The zero-order valence-corrected chi connectivity index (χ0v) is 12.7. The van der Waals surface area contributed by atoms with E-state index in [4.69, 9.17) is 4.74 Å². The van der Waals surface area contributed by atoms with E-state index < -0.39 is 0 Å². The number of amides is 1. The summed E-state index contributed by atoms with van der Waals surface area (Å²) in [4.78, 5) is 12.2. The third-order valence-corrected chi connectivity index (χ3v) is 3.29. The third kappa shape index (κ3) is 4.60. The second-order valence-corrected chi connectivity index (χ2v) is 4.97. The lowest BCUT2D eigenvalue weighted by Gasteiger charge is -2.17. The van der Waals surface area contributed by atoms with E-state index in [0.29, 0.717) is 6.61 Å². The van der Waals surface area contributed by atoms with Gasteiger partial charge in [-0.1, -0.05) is 42.5 Å². The molecule has 2 aromatic carbocycles. The Balaban J connectivity index is 1.98. The number of aliphatic hydroxyl groups excluding tert-OH is 1. The maximum atomic E-state index is 12.2. The summed E-state index contributed by atoms with van der Waals surface area (Å²) in [6.07, 6.45) is 0.254. The zero-order valence-electron chi connectivity index (χ0n) is 12.7. The van der Waals surface area contributed by atoms with Gasteiger partial charge in [0.05, 0.1) is 25.7 Å². The summed E-state index contributed by atoms with van der Waals surface area (Å²) in [5.41, 5.74) is 1.77. The van der Waals surface area contributed by atoms with Crippen molar-refractivity contribution < 1.29 is 14.6 Å². The molecule has 4 heteroatoms. The maximum absolute atomic E-state index is 12.2. The molecule has 0 heterocycles. The molecule has 22 heavy (non-hydrogen) atoms. The predicted octanol–water partition coefficient (Wildman–Crippen LogP) is 2.48. The minimum atomic E-state index is -0.385. The molecule has 0 saturated heterocycles. The van der Waals surface area contributed by atoms with Crippen molar-refractivity contribution in [1.82, 2.24) is 5.32 Å². The minimum absolute atomic E-state index is 0.128. The van der Waals surface area contributed by atoms with Crippen LogP contribution in [-0.4, -0.2) is 24.2 Å². The first-order chi connectivity index (χ1) is 10.7. The summed E-state index contributed by atoms with van der Waals surface area (Å²) in [6, 6.07) is 16.5. The van der Waals surface area contributed by atoms with Crippen LogP contribution in [0.15, 0.2) is 54.6 Å². The summed E-state index contributed by atoms with van der Waals surface area (Å²) in [5, 5.41) is 12.3. The Morgan fingerprint density at radius 2 is 1.95 bits per heavy atom. The molecule has 0 radical (unpaired) electrons. The van der Waals surface area contributed by atoms with E-state index in [2.05, 4.69) is 5.32 Å². The van der Waals surface area contributed by atoms with E-state index in [1.807, 2.05) is 61.5 Å². The van der Waals surface area contributed by atoms with Gasteiger partial charge in [-0.05, 0) is 30.2 Å². The number of hydrogen-bond acceptors (Lipinski definition) is 3. The second kappa shape index (κ2) is 8.20. The van der Waals surface area contributed by atoms with Gasteiger partial charge in [0.25, 0.3) is 0 Å². The van der Waals surface area contributed by atoms with E-state index in [9.17, 15) is 9.90 Å². The van der Waals surface area contributed by atoms with E-state index >= 15 is 0 Å². The molecule has 116 valence electrons. The summed E-state index contributed by atoms with van der Waals surface area (Å²) in [5.74, 6) is 0.631. The number of carbonyl (C=O) groups is 1. The fourth-order valence-electron chi connectivity index (χ4n) is 2.26. The maximum Gasteiger partial charge on any atom is 0.224 e. The third-order valence-electron chi connectivity index (χ3n) is 3.29. The number of rotatable bonds is 7. The van der Waals surface area contributed by atoms with Crippen molar-refractivity contribution in [2.75, 3.05) is 13.2 Å². The molecule has 0 bridgehead atoms. The number of hydrogen-bond donors (Lipinski definition) is 2. The van der Waals surface area contributed by atoms with Gasteiger partial charge in [-0.15, -0.1) is 0 Å². The highest BCUT2D eigenvalue weighted by Gasteiger charge is 2.13. The minimum Gasteiger partial charge on any atom is -0.494 e. The van der Waals surface area contributed by atoms with Gasteiger partial charge in [0.15, 0.2) is 0 Å². The van der Waals surface area contributed by atoms with Crippen LogP contribution in [0.25, 0.3) is 0 Å². The molecule has 2 N–H and O–H groups in total. The molecule has 0 aliphatic rings. The number of carbonyl (C=O) groups excluding carboxylic acids is 1. The standard InChI is InChI=1S/C18H21NO3/c1-2-22-16-10-6-7-14(11-16)12-18(21)19-17(13-20)15-8-4-3-5-9-15/h3-11,17,20H,2,12-13H2,1H3,(H,19,21). The van der Waals surface area contributed by atoms with Crippen LogP contribution in [0.2, 0.25) is 0 Å². The lowest BCUT2D eigenvalue weighted by atomic mass is 10.1. The molecular weight excluding hydrogens is 278 g/mol. The molecule has 0 saturated carbocycles. The molecule has 2 aromatic rings. The van der Waals surface area contributed by atoms with Crippen LogP contribution in [0.1, 0.15) is 24.1 Å². The molecule has 0 aromatic heterocycles. The Morgan fingerprint density at radius 3 is 2.64 bits per heavy atom. The van der Waals surface area contributed by atoms with Crippen LogP contribution in [0.3, 0.4) is 0 Å². The van der Waals surface area contributed by atoms with Gasteiger partial charge in [-0.3, -0.25) is 4.79 Å². The molecule has 0 aliphatic carbocycles. The monoisotopic (exact) mass is 299 g/mol. The Morgan fingerprint density at radius 1 is 1.18 bits per heavy atom. The smallest absolute Gasteiger partial charge is 0.224 e. The number of nitrogens with one attached hydrogen (secondary N) is 1. The van der Waals surface area contributed by atoms with Crippen LogP contribution in [0, 0.1) is 0 Å². The molecule has 0 spiro atoms. The molecule has 1 atom stereocenters. The summed E-state index contributed by atoms with van der Waals surface area (Å²) in [7, 11) is 0. The average Bonchev–Trinajstić information content (AvgIpc) is 2.54. The van der Waals surface area contributed by atoms with Crippen molar-refractivity contribution in [2.45, 2.75) is 19.4 Å². The normalized spacial score (nSPS) is 11.7. The van der Waals surface area contributed by atoms with Crippen LogP contribution in [0.5, 0.6) is 5.75 Å². The van der Waals surface area contributed by atoms with Crippen molar-refractivity contribution in [2.24, 2.45) is 0 Å². The molecule has 2 rings (SSSR count). The number of ether oxygens (including phenoxy) is 1. The van der Waals surface area contributed by atoms with E-state index in [1.54, 1.807) is 0 Å². The fourth-order valence-corrected chi connectivity index (χ4v) is 2.26. The highest BCUT2D eigenvalue weighted by molar-refractivity contribution is 5.79. The van der Waals surface area contributed by atoms with Crippen molar-refractivity contribution in [1.29, 1.82) is 0 Å². The summed E-state index contributed by atoms with van der Waals surface area (Å²) in [6.45, 7) is 2.38. The van der Waals surface area contributed by atoms with E-state index in [1.165, 1.54) is 0 Å². The average molecular weight is 299 g/mol. The van der Waals surface area contributed by atoms with Gasteiger partial charge >= 0.3 is 0 Å². The molecule has 4 nitrogen and oxygen atoms in total. The summed E-state index contributed by atoms with van der Waals surface area (Å²) < 4.78 is 5.43. The van der Waals surface area contributed by atoms with Gasteiger partial charge < -0.3 is 15.2 Å². The van der Waals surface area contributed by atoms with Gasteiger partial charge in [0.1, 0.15) is 5.75 Å². The molecular formula is C18H21NO3. The number of benzene rings is 2. The van der Waals surface area contributed by atoms with Gasteiger partial charge in [0.2, 0.25) is 5.91 Å². The molecule has 0 fully saturated rings. The number of aliphatic hydroxyl groups is 1. The lowest BCUT2D eigenvalue weighted by molar-refractivity contribution is -0.121. The largest absolute Gasteiger partial charge is 0.494 e. The van der Waals surface area contributed by atoms with E-state index in [-0.39, 0.29) is 25.0 Å². The Hall–Kier alpha value is -2.33. The molecule has 1 unspecified atom stereocenters. The Kier molecular flexibility index (Phi) is 5.98. The molecule has 0 aliphatic heterocycles. The molecule has 1 amide bonds. The van der Waals surface area contributed by atoms with Crippen molar-refractivity contribution >= 4 is 5.91 Å². The van der Waals surface area contributed by atoms with Crippen LogP contribution in [-0.2, 0) is 11.2 Å². The van der Waals surface area contributed by atoms with Gasteiger partial charge in [0, 0.05) is 0 Å². The highest BCUT2D eigenvalue weighted by Crippen LogP contribution is 2.15. The predicted molar refractivity (Wildman–Crippen MR) is 85.7 cm³/mol. The summed E-state index contributed by atoms with van der Waals surface area (Å²) >= 11 is 0. The van der Waals surface area contributed by atoms with Crippen LogP contribution in [0.4, 0.5) is 0 Å². The van der Waals surface area contributed by atoms with Crippen LogP contribution >= 0.6 is 0 Å². The first-order valence-electron chi connectivity index (χ1n) is 7.40. The zero-order chi connectivity index (χ0) is 15.8. The fraction of sp³-hybridized carbons (Fsp3) is 0.278. The first-order valence-corrected chi connectivity index (χ1v) is 7.40. The van der Waals surface area contributed by atoms with Gasteiger partial charge in [-0.2, -0.15) is 0 Å². The van der Waals surface area contributed by atoms with Crippen LogP contribution < -0.4 is 10.1 Å². The first kappa shape index (κ1) is 16.0. The lowest BCUT2D eigenvalue weighted by Crippen LogP contribution is -2.31. The Bertz CT molecular complexity index is 598. The van der Waals surface area contributed by atoms with Crippen molar-refractivity contribution in [3.8, 4) is 5.75 Å². The van der Waals surface area contributed by atoms with Gasteiger partial charge in [-0.25, -0.2) is 0 Å². The van der Waals surface area contributed by atoms with E-state index in [0.717, 1.165) is 16.9 Å². The van der Waals surface area contributed by atoms with Crippen molar-refractivity contribution in [3.63, 3.8) is 0 Å². The second-order valence-electron chi connectivity index (χ2n) is 4.97. The van der Waals surface area contributed by atoms with Crippen molar-refractivity contribution in [3.05, 3.63) is 65.7 Å². The SMILES string of the molecule is CCOc1cccc(CC(=O)NC(CO)c2ccccc2)c1. The Labute approximate surface area is 130 Å².